The summed E-state index contributed by atoms with van der Waals surface area (Å²) in [6.45, 7) is 7.77. The average Bonchev–Trinajstić information content (AvgIpc) is 2.38. The minimum atomic E-state index is -3.79. The number of nitrogens with zero attached hydrogens (tertiary/aromatic N) is 1. The number of halogens is 2. The van der Waals surface area contributed by atoms with Gasteiger partial charge in [0.15, 0.2) is 0 Å². The van der Waals surface area contributed by atoms with Gasteiger partial charge < -0.3 is 5.73 Å². The minimum Gasteiger partial charge on any atom is -0.326 e. The molecule has 0 amide bonds. The van der Waals surface area contributed by atoms with Gasteiger partial charge in [-0.2, -0.15) is 4.31 Å². The van der Waals surface area contributed by atoms with E-state index in [9.17, 15) is 12.8 Å². The van der Waals surface area contributed by atoms with E-state index in [1.165, 1.54) is 10.4 Å². The van der Waals surface area contributed by atoms with Crippen molar-refractivity contribution in [3.8, 4) is 0 Å². The first-order valence-electron chi connectivity index (χ1n) is 6.81. The van der Waals surface area contributed by atoms with Crippen molar-refractivity contribution >= 4 is 21.6 Å². The molecule has 0 heterocycles. The molecular weight excluding hydrogens is 315 g/mol. The third-order valence-electron chi connectivity index (χ3n) is 3.02. The Bertz CT molecular complexity index is 603. The zero-order chi connectivity index (χ0) is 16.4. The second kappa shape index (κ2) is 7.05. The van der Waals surface area contributed by atoms with Gasteiger partial charge in [-0.05, 0) is 37.5 Å². The molecule has 0 aliphatic carbocycles. The number of hydrogen-bond donors (Lipinski definition) is 1. The second-order valence-electron chi connectivity index (χ2n) is 5.64. The van der Waals surface area contributed by atoms with Crippen LogP contribution in [0.2, 0.25) is 5.02 Å². The van der Waals surface area contributed by atoms with Gasteiger partial charge in [-0.25, -0.2) is 12.8 Å². The Kier molecular flexibility index (Phi) is 6.16. The van der Waals surface area contributed by atoms with Crippen molar-refractivity contribution < 1.29 is 12.8 Å². The summed E-state index contributed by atoms with van der Waals surface area (Å²) in [6, 6.07) is 2.07. The molecule has 0 saturated heterocycles. The van der Waals surface area contributed by atoms with Crippen LogP contribution in [0.15, 0.2) is 17.0 Å². The lowest BCUT2D eigenvalue weighted by Gasteiger charge is -2.27. The molecule has 4 nitrogen and oxygen atoms in total. The molecule has 0 unspecified atom stereocenters. The highest BCUT2D eigenvalue weighted by atomic mass is 35.5. The van der Waals surface area contributed by atoms with Crippen molar-refractivity contribution in [2.75, 3.05) is 6.54 Å². The molecule has 0 bridgehead atoms. The van der Waals surface area contributed by atoms with Gasteiger partial charge in [0.25, 0.3) is 0 Å². The van der Waals surface area contributed by atoms with E-state index in [1.807, 2.05) is 13.8 Å². The maximum absolute atomic E-state index is 13.8. The molecule has 1 aromatic rings. The SMILES string of the molecule is CC(C)CN(C(C)C)S(=O)(=O)c1cc(F)c(Cl)c(CN)c1. The van der Waals surface area contributed by atoms with Crippen molar-refractivity contribution in [1.82, 2.24) is 4.31 Å². The summed E-state index contributed by atoms with van der Waals surface area (Å²) in [5.74, 6) is -0.611. The summed E-state index contributed by atoms with van der Waals surface area (Å²) in [4.78, 5) is -0.112. The smallest absolute Gasteiger partial charge is 0.243 e. The second-order valence-corrected chi connectivity index (χ2v) is 7.91. The first-order valence-corrected chi connectivity index (χ1v) is 8.62. The van der Waals surface area contributed by atoms with Crippen molar-refractivity contribution in [3.05, 3.63) is 28.5 Å². The lowest BCUT2D eigenvalue weighted by molar-refractivity contribution is 0.318. The van der Waals surface area contributed by atoms with Crippen LogP contribution in [0.3, 0.4) is 0 Å². The zero-order valence-electron chi connectivity index (χ0n) is 12.7. The molecule has 0 aromatic heterocycles. The number of nitrogens with two attached hydrogens (primary N) is 1. The van der Waals surface area contributed by atoms with Gasteiger partial charge in [0, 0.05) is 19.1 Å². The molecule has 1 rings (SSSR count). The third-order valence-corrected chi connectivity index (χ3v) is 5.47. The van der Waals surface area contributed by atoms with E-state index in [0.29, 0.717) is 6.54 Å². The fourth-order valence-electron chi connectivity index (χ4n) is 2.00. The average molecular weight is 337 g/mol. The highest BCUT2D eigenvalue weighted by Crippen LogP contribution is 2.27. The van der Waals surface area contributed by atoms with Crippen LogP contribution in [0.5, 0.6) is 0 Å². The van der Waals surface area contributed by atoms with Crippen LogP contribution in [0.1, 0.15) is 33.3 Å². The summed E-state index contributed by atoms with van der Waals surface area (Å²) >= 11 is 5.78. The van der Waals surface area contributed by atoms with Gasteiger partial charge in [0.1, 0.15) is 5.82 Å². The van der Waals surface area contributed by atoms with E-state index in [-0.39, 0.29) is 34.0 Å². The van der Waals surface area contributed by atoms with Crippen molar-refractivity contribution in [3.63, 3.8) is 0 Å². The van der Waals surface area contributed by atoms with Crippen LogP contribution in [0, 0.1) is 11.7 Å². The van der Waals surface area contributed by atoms with Crippen molar-refractivity contribution in [2.45, 2.75) is 45.2 Å². The largest absolute Gasteiger partial charge is 0.326 e. The summed E-state index contributed by atoms with van der Waals surface area (Å²) in [6.07, 6.45) is 0. The van der Waals surface area contributed by atoms with E-state index < -0.39 is 15.8 Å². The maximum atomic E-state index is 13.8. The zero-order valence-corrected chi connectivity index (χ0v) is 14.3. The number of rotatable bonds is 6. The Hall–Kier alpha value is -0.690. The van der Waals surface area contributed by atoms with Gasteiger partial charge in [-0.15, -0.1) is 0 Å². The molecule has 7 heteroatoms. The van der Waals surface area contributed by atoms with Crippen LogP contribution in [-0.2, 0) is 16.6 Å². The third kappa shape index (κ3) is 4.16. The Morgan fingerprint density at radius 1 is 1.29 bits per heavy atom. The van der Waals surface area contributed by atoms with Crippen LogP contribution >= 0.6 is 11.6 Å². The molecule has 0 atom stereocenters. The van der Waals surface area contributed by atoms with Crippen LogP contribution in [0.4, 0.5) is 4.39 Å². The van der Waals surface area contributed by atoms with Crippen molar-refractivity contribution in [2.24, 2.45) is 11.7 Å². The highest BCUT2D eigenvalue weighted by molar-refractivity contribution is 7.89. The molecule has 0 saturated carbocycles. The lowest BCUT2D eigenvalue weighted by atomic mass is 10.2. The van der Waals surface area contributed by atoms with Crippen LogP contribution in [0.25, 0.3) is 0 Å². The van der Waals surface area contributed by atoms with Crippen LogP contribution < -0.4 is 5.73 Å². The van der Waals surface area contributed by atoms with Gasteiger partial charge in [0.2, 0.25) is 10.0 Å². The number of sulfonamides is 1. The van der Waals surface area contributed by atoms with Gasteiger partial charge >= 0.3 is 0 Å². The van der Waals surface area contributed by atoms with Crippen LogP contribution in [-0.4, -0.2) is 25.3 Å². The lowest BCUT2D eigenvalue weighted by Crippen LogP contribution is -2.39. The molecule has 120 valence electrons. The monoisotopic (exact) mass is 336 g/mol. The topological polar surface area (TPSA) is 63.4 Å². The Morgan fingerprint density at radius 3 is 2.29 bits per heavy atom. The molecule has 0 radical (unpaired) electrons. The minimum absolute atomic E-state index is 0.0228. The Morgan fingerprint density at radius 2 is 1.86 bits per heavy atom. The number of benzene rings is 1. The standard InChI is InChI=1S/C14H22ClFN2O2S/c1-9(2)8-18(10(3)4)21(19,20)12-5-11(7-17)14(15)13(16)6-12/h5-6,9-10H,7-8,17H2,1-4H3. The summed E-state index contributed by atoms with van der Waals surface area (Å²) < 4.78 is 40.6. The summed E-state index contributed by atoms with van der Waals surface area (Å²) in [7, 11) is -3.79. The van der Waals surface area contributed by atoms with E-state index in [0.717, 1.165) is 6.07 Å². The fraction of sp³-hybridized carbons (Fsp3) is 0.571. The fourth-order valence-corrected chi connectivity index (χ4v) is 4.05. The van der Waals surface area contributed by atoms with Gasteiger partial charge in [-0.3, -0.25) is 0 Å². The molecule has 0 aliphatic heterocycles. The predicted molar refractivity (Wildman–Crippen MR) is 83.2 cm³/mol. The first-order chi connectivity index (χ1) is 9.61. The van der Waals surface area contributed by atoms with E-state index in [4.69, 9.17) is 17.3 Å². The van der Waals surface area contributed by atoms with Gasteiger partial charge in [0.05, 0.1) is 9.92 Å². The maximum Gasteiger partial charge on any atom is 0.243 e. The quantitative estimate of drug-likeness (QED) is 0.868. The molecule has 0 aliphatic rings. The van der Waals surface area contributed by atoms with Gasteiger partial charge in [-0.1, -0.05) is 25.4 Å². The molecular formula is C14H22ClFN2O2S. The predicted octanol–water partition coefficient (Wildman–Crippen LogP) is 2.99. The molecule has 1 aromatic carbocycles. The molecule has 0 spiro atoms. The summed E-state index contributed by atoms with van der Waals surface area (Å²) in [5.41, 5.74) is 5.77. The van der Waals surface area contributed by atoms with E-state index in [2.05, 4.69) is 0 Å². The Balaban J connectivity index is 3.38. The highest BCUT2D eigenvalue weighted by Gasteiger charge is 2.29. The summed E-state index contributed by atoms with van der Waals surface area (Å²) in [5, 5.41) is -0.128. The van der Waals surface area contributed by atoms with E-state index >= 15 is 0 Å². The first kappa shape index (κ1) is 18.4. The molecule has 2 N–H and O–H groups in total. The van der Waals surface area contributed by atoms with Crippen molar-refractivity contribution in [1.29, 1.82) is 0 Å². The number of hydrogen-bond acceptors (Lipinski definition) is 3. The Labute approximate surface area is 131 Å². The van der Waals surface area contributed by atoms with E-state index in [1.54, 1.807) is 13.8 Å². The molecule has 0 fully saturated rings. The molecule has 21 heavy (non-hydrogen) atoms. The normalized spacial score (nSPS) is 12.7.